The lowest BCUT2D eigenvalue weighted by molar-refractivity contribution is -0.137. The smallest absolute Gasteiger partial charge is 0.330 e. The number of hydrogen-bond donors (Lipinski definition) is 0. The van der Waals surface area contributed by atoms with E-state index in [0.29, 0.717) is 13.2 Å². The van der Waals surface area contributed by atoms with E-state index in [1.54, 1.807) is 13.0 Å². The van der Waals surface area contributed by atoms with Crippen molar-refractivity contribution in [2.45, 2.75) is 26.4 Å². The molecule has 1 unspecified atom stereocenters. The van der Waals surface area contributed by atoms with E-state index < -0.39 is 0 Å². The molecule has 3 heteroatoms. The van der Waals surface area contributed by atoms with Crippen molar-refractivity contribution in [2.75, 3.05) is 13.2 Å². The second kappa shape index (κ2) is 4.26. The molecule has 0 saturated carbocycles. The summed E-state index contributed by atoms with van der Waals surface area (Å²) in [5, 5.41) is 0. The highest BCUT2D eigenvalue weighted by Crippen LogP contribution is 2.18. The summed E-state index contributed by atoms with van der Waals surface area (Å²) < 4.78 is 10.0. The second-order valence-electron chi connectivity index (χ2n) is 2.73. The van der Waals surface area contributed by atoms with Crippen LogP contribution in [0.4, 0.5) is 0 Å². The summed E-state index contributed by atoms with van der Waals surface area (Å²) in [7, 11) is 0. The minimum Gasteiger partial charge on any atom is -0.463 e. The maximum Gasteiger partial charge on any atom is 0.330 e. The molecule has 0 N–H and O–H groups in total. The van der Waals surface area contributed by atoms with Gasteiger partial charge in [-0.3, -0.25) is 0 Å². The fourth-order valence-corrected chi connectivity index (χ4v) is 1.19. The predicted molar refractivity (Wildman–Crippen MR) is 44.7 cm³/mol. The van der Waals surface area contributed by atoms with Crippen molar-refractivity contribution in [1.29, 1.82) is 0 Å². The van der Waals surface area contributed by atoms with E-state index in [0.717, 1.165) is 12.0 Å². The number of ether oxygens (including phenoxy) is 2. The molecular formula is C9H14O3. The van der Waals surface area contributed by atoms with Crippen LogP contribution in [0.25, 0.3) is 0 Å². The number of rotatable bonds is 2. The normalized spacial score (nSPS) is 26.2. The van der Waals surface area contributed by atoms with Crippen molar-refractivity contribution < 1.29 is 14.3 Å². The maximum atomic E-state index is 11.0. The van der Waals surface area contributed by atoms with Crippen molar-refractivity contribution in [3.05, 3.63) is 11.6 Å². The van der Waals surface area contributed by atoms with Gasteiger partial charge in [0, 0.05) is 6.08 Å². The van der Waals surface area contributed by atoms with Gasteiger partial charge in [0.25, 0.3) is 0 Å². The highest BCUT2D eigenvalue weighted by atomic mass is 16.5. The van der Waals surface area contributed by atoms with E-state index in [2.05, 4.69) is 0 Å². The van der Waals surface area contributed by atoms with Crippen molar-refractivity contribution in [1.82, 2.24) is 0 Å². The van der Waals surface area contributed by atoms with Crippen molar-refractivity contribution in [2.24, 2.45) is 0 Å². The van der Waals surface area contributed by atoms with Crippen molar-refractivity contribution in [3.63, 3.8) is 0 Å². The van der Waals surface area contributed by atoms with Gasteiger partial charge in [-0.1, -0.05) is 0 Å². The molecule has 0 aliphatic carbocycles. The van der Waals surface area contributed by atoms with Crippen LogP contribution in [0.2, 0.25) is 0 Å². The molecule has 1 heterocycles. The molecule has 1 fully saturated rings. The van der Waals surface area contributed by atoms with E-state index in [4.69, 9.17) is 9.47 Å². The van der Waals surface area contributed by atoms with Crippen LogP contribution in [0.15, 0.2) is 11.6 Å². The Morgan fingerprint density at radius 1 is 1.83 bits per heavy atom. The molecule has 0 radical (unpaired) electrons. The third-order valence-corrected chi connectivity index (χ3v) is 1.87. The molecule has 12 heavy (non-hydrogen) atoms. The average molecular weight is 170 g/mol. The topological polar surface area (TPSA) is 35.5 Å². The SMILES string of the molecule is CCOC(=O)C=C1CCOC1C. The van der Waals surface area contributed by atoms with Crippen LogP contribution in [0, 0.1) is 0 Å². The Morgan fingerprint density at radius 2 is 2.58 bits per heavy atom. The quantitative estimate of drug-likeness (QED) is 0.462. The average Bonchev–Trinajstić information content (AvgIpc) is 2.37. The van der Waals surface area contributed by atoms with Gasteiger partial charge in [-0.15, -0.1) is 0 Å². The molecule has 0 spiro atoms. The van der Waals surface area contributed by atoms with E-state index in [1.807, 2.05) is 6.92 Å². The van der Waals surface area contributed by atoms with Gasteiger partial charge in [0.1, 0.15) is 0 Å². The summed E-state index contributed by atoms with van der Waals surface area (Å²) >= 11 is 0. The Hall–Kier alpha value is -0.830. The molecule has 1 saturated heterocycles. The third kappa shape index (κ3) is 2.34. The third-order valence-electron chi connectivity index (χ3n) is 1.87. The monoisotopic (exact) mass is 170 g/mol. The van der Waals surface area contributed by atoms with Gasteiger partial charge in [0.2, 0.25) is 0 Å². The minimum atomic E-state index is -0.259. The summed E-state index contributed by atoms with van der Waals surface area (Å²) in [6.07, 6.45) is 2.47. The number of esters is 1. The molecule has 0 aromatic rings. The Labute approximate surface area is 72.4 Å². The van der Waals surface area contributed by atoms with Crippen LogP contribution < -0.4 is 0 Å². The molecule has 1 atom stereocenters. The fraction of sp³-hybridized carbons (Fsp3) is 0.667. The summed E-state index contributed by atoms with van der Waals surface area (Å²) in [5.41, 5.74) is 1.04. The van der Waals surface area contributed by atoms with Crippen LogP contribution in [0.1, 0.15) is 20.3 Å². The van der Waals surface area contributed by atoms with Gasteiger partial charge >= 0.3 is 5.97 Å². The van der Waals surface area contributed by atoms with Crippen molar-refractivity contribution in [3.8, 4) is 0 Å². The van der Waals surface area contributed by atoms with Crippen molar-refractivity contribution >= 4 is 5.97 Å². The zero-order chi connectivity index (χ0) is 8.97. The van der Waals surface area contributed by atoms with Gasteiger partial charge < -0.3 is 9.47 Å². The molecule has 1 aliphatic heterocycles. The Kier molecular flexibility index (Phi) is 3.29. The fourth-order valence-electron chi connectivity index (χ4n) is 1.19. The molecule has 0 aromatic carbocycles. The van der Waals surface area contributed by atoms with Gasteiger partial charge in [0.15, 0.2) is 0 Å². The van der Waals surface area contributed by atoms with Crippen LogP contribution >= 0.6 is 0 Å². The predicted octanol–water partition coefficient (Wildman–Crippen LogP) is 1.28. The first kappa shape index (κ1) is 9.26. The highest BCUT2D eigenvalue weighted by molar-refractivity contribution is 5.83. The lowest BCUT2D eigenvalue weighted by Gasteiger charge is -2.02. The minimum absolute atomic E-state index is 0.0782. The van der Waals surface area contributed by atoms with Crippen LogP contribution in [-0.4, -0.2) is 25.3 Å². The van der Waals surface area contributed by atoms with Crippen LogP contribution in [0.3, 0.4) is 0 Å². The van der Waals surface area contributed by atoms with Gasteiger partial charge in [-0.05, 0) is 25.8 Å². The molecule has 0 amide bonds. The molecular weight excluding hydrogens is 156 g/mol. The first-order valence-electron chi connectivity index (χ1n) is 4.23. The zero-order valence-electron chi connectivity index (χ0n) is 7.50. The van der Waals surface area contributed by atoms with E-state index >= 15 is 0 Å². The Balaban J connectivity index is 2.49. The van der Waals surface area contributed by atoms with Crippen LogP contribution in [0.5, 0.6) is 0 Å². The Bertz CT molecular complexity index is 196. The maximum absolute atomic E-state index is 11.0. The largest absolute Gasteiger partial charge is 0.463 e. The summed E-state index contributed by atoms with van der Waals surface area (Å²) in [5.74, 6) is -0.259. The first-order valence-corrected chi connectivity index (χ1v) is 4.23. The molecule has 68 valence electrons. The van der Waals surface area contributed by atoms with E-state index in [-0.39, 0.29) is 12.1 Å². The summed E-state index contributed by atoms with van der Waals surface area (Å²) in [6, 6.07) is 0. The number of hydrogen-bond acceptors (Lipinski definition) is 3. The molecule has 3 nitrogen and oxygen atoms in total. The van der Waals surface area contributed by atoms with Crippen LogP contribution in [-0.2, 0) is 14.3 Å². The Morgan fingerprint density at radius 3 is 3.08 bits per heavy atom. The summed E-state index contributed by atoms with van der Waals surface area (Å²) in [6.45, 7) is 4.88. The number of carbonyl (C=O) groups is 1. The molecule has 1 rings (SSSR count). The lowest BCUT2D eigenvalue weighted by atomic mass is 10.1. The molecule has 0 aromatic heterocycles. The van der Waals surface area contributed by atoms with Gasteiger partial charge in [-0.25, -0.2) is 4.79 Å². The second-order valence-corrected chi connectivity index (χ2v) is 2.73. The standard InChI is InChI=1S/C9H14O3/c1-3-11-9(10)6-8-4-5-12-7(8)2/h6-7H,3-5H2,1-2H3. The molecule has 0 bridgehead atoms. The van der Waals surface area contributed by atoms with Gasteiger partial charge in [-0.2, -0.15) is 0 Å². The van der Waals surface area contributed by atoms with Gasteiger partial charge in [0.05, 0.1) is 19.3 Å². The van der Waals surface area contributed by atoms with E-state index in [1.165, 1.54) is 0 Å². The number of carbonyl (C=O) groups excluding carboxylic acids is 1. The highest BCUT2D eigenvalue weighted by Gasteiger charge is 2.17. The lowest BCUT2D eigenvalue weighted by Crippen LogP contribution is -2.05. The van der Waals surface area contributed by atoms with E-state index in [9.17, 15) is 4.79 Å². The summed E-state index contributed by atoms with van der Waals surface area (Å²) in [4.78, 5) is 11.0. The first-order chi connectivity index (χ1) is 5.74. The zero-order valence-corrected chi connectivity index (χ0v) is 7.50. The molecule has 1 aliphatic rings.